The second-order valence-electron chi connectivity index (χ2n) is 9.44. The number of unbranched alkanes of at least 4 members (excludes halogenated alkanes) is 2. The van der Waals surface area contributed by atoms with E-state index in [-0.39, 0.29) is 0 Å². The van der Waals surface area contributed by atoms with Gasteiger partial charge in [-0.25, -0.2) is 0 Å². The molecule has 0 N–H and O–H groups in total. The molecule has 0 bridgehead atoms. The van der Waals surface area contributed by atoms with Crippen LogP contribution in [0, 0.1) is 17.8 Å². The van der Waals surface area contributed by atoms with Gasteiger partial charge in [-0.3, -0.25) is 0 Å². The molecule has 0 radical (unpaired) electrons. The Bertz CT molecular complexity index is 460. The molecule has 2 aliphatic carbocycles. The highest BCUT2D eigenvalue weighted by Gasteiger charge is 2.23. The van der Waals surface area contributed by atoms with Crippen LogP contribution in [0.1, 0.15) is 115 Å². The fourth-order valence-corrected chi connectivity index (χ4v) is 5.70. The molecule has 0 amide bonds. The van der Waals surface area contributed by atoms with Gasteiger partial charge < -0.3 is 0 Å². The zero-order valence-corrected chi connectivity index (χ0v) is 17.3. The van der Waals surface area contributed by atoms with Crippen LogP contribution < -0.4 is 0 Å². The van der Waals surface area contributed by atoms with E-state index in [1.54, 1.807) is 5.56 Å². The lowest BCUT2D eigenvalue weighted by molar-refractivity contribution is 0.234. The smallest absolute Gasteiger partial charge is 0.0162 e. The Hall–Kier alpha value is -0.780. The average Bonchev–Trinajstić information content (AvgIpc) is 2.71. The number of rotatable bonds is 9. The topological polar surface area (TPSA) is 0 Å². The van der Waals surface area contributed by atoms with E-state index in [4.69, 9.17) is 0 Å². The molecule has 3 rings (SSSR count). The van der Waals surface area contributed by atoms with Gasteiger partial charge in [0.15, 0.2) is 0 Å². The molecule has 0 nitrogen and oxygen atoms in total. The summed E-state index contributed by atoms with van der Waals surface area (Å²) in [5.74, 6) is 4.01. The Balaban J connectivity index is 1.25. The van der Waals surface area contributed by atoms with Gasteiger partial charge in [-0.15, -0.1) is 0 Å². The molecular formula is C26H42. The van der Waals surface area contributed by atoms with Crippen LogP contribution in [0.4, 0.5) is 0 Å². The van der Waals surface area contributed by atoms with Gasteiger partial charge >= 0.3 is 0 Å². The quantitative estimate of drug-likeness (QED) is 0.390. The fourth-order valence-electron chi connectivity index (χ4n) is 5.70. The minimum atomic E-state index is 0.843. The minimum Gasteiger partial charge on any atom is -0.0654 e. The van der Waals surface area contributed by atoms with Crippen molar-refractivity contribution in [2.45, 2.75) is 109 Å². The highest BCUT2D eigenvalue weighted by atomic mass is 14.3. The molecular weight excluding hydrogens is 312 g/mol. The molecule has 146 valence electrons. The second kappa shape index (κ2) is 11.2. The maximum absolute atomic E-state index is 2.34. The van der Waals surface area contributed by atoms with Crippen LogP contribution in [0.15, 0.2) is 30.3 Å². The van der Waals surface area contributed by atoms with Gasteiger partial charge in [-0.2, -0.15) is 0 Å². The molecule has 0 aromatic heterocycles. The van der Waals surface area contributed by atoms with Crippen molar-refractivity contribution in [3.63, 3.8) is 0 Å². The van der Waals surface area contributed by atoms with Crippen LogP contribution >= 0.6 is 0 Å². The van der Waals surface area contributed by atoms with Gasteiger partial charge in [-0.05, 0) is 54.9 Å². The maximum Gasteiger partial charge on any atom is -0.0162 e. The molecule has 0 saturated heterocycles. The normalized spacial score (nSPS) is 29.6. The van der Waals surface area contributed by atoms with Gasteiger partial charge in [-0.1, -0.05) is 108 Å². The second-order valence-corrected chi connectivity index (χ2v) is 9.44. The van der Waals surface area contributed by atoms with E-state index in [0.717, 1.165) is 23.7 Å². The predicted octanol–water partition coefficient (Wildman–Crippen LogP) is 8.52. The van der Waals surface area contributed by atoms with E-state index in [9.17, 15) is 0 Å². The highest BCUT2D eigenvalue weighted by molar-refractivity contribution is 5.19. The molecule has 0 atom stereocenters. The largest absolute Gasteiger partial charge is 0.0654 e. The third kappa shape index (κ3) is 6.43. The summed E-state index contributed by atoms with van der Waals surface area (Å²) >= 11 is 0. The Morgan fingerprint density at radius 3 is 1.65 bits per heavy atom. The molecule has 0 heteroatoms. The van der Waals surface area contributed by atoms with Gasteiger partial charge in [0, 0.05) is 0 Å². The maximum atomic E-state index is 2.34. The highest BCUT2D eigenvalue weighted by Crippen LogP contribution is 2.39. The summed E-state index contributed by atoms with van der Waals surface area (Å²) in [7, 11) is 0. The number of benzene rings is 1. The van der Waals surface area contributed by atoms with Crippen LogP contribution in [0.3, 0.4) is 0 Å². The third-order valence-corrected chi connectivity index (χ3v) is 7.52. The SMILES string of the molecule is CCCCCC1CCC(CCCC2CCC(c3ccccc3)CC2)CC1. The first-order valence-electron chi connectivity index (χ1n) is 11.9. The summed E-state index contributed by atoms with van der Waals surface area (Å²) < 4.78 is 0. The Kier molecular flexibility index (Phi) is 8.56. The summed E-state index contributed by atoms with van der Waals surface area (Å²) in [4.78, 5) is 0. The lowest BCUT2D eigenvalue weighted by atomic mass is 9.75. The molecule has 0 aliphatic heterocycles. The van der Waals surface area contributed by atoms with E-state index >= 15 is 0 Å². The standard InChI is InChI=1S/C26H42/c1-2-3-5-9-22-14-16-23(17-15-22)10-8-11-24-18-20-26(21-19-24)25-12-6-4-7-13-25/h4,6-7,12-13,22-24,26H,2-3,5,8-11,14-21H2,1H3. The molecule has 0 heterocycles. The summed E-state index contributed by atoms with van der Waals surface area (Å²) in [5, 5.41) is 0. The molecule has 0 spiro atoms. The van der Waals surface area contributed by atoms with Crippen molar-refractivity contribution in [3.8, 4) is 0 Å². The first-order chi connectivity index (χ1) is 12.8. The summed E-state index contributed by atoms with van der Waals surface area (Å²) in [6.07, 6.45) is 22.3. The molecule has 2 aliphatic rings. The van der Waals surface area contributed by atoms with Crippen LogP contribution in [0.5, 0.6) is 0 Å². The first kappa shape index (κ1) is 20.0. The van der Waals surface area contributed by atoms with Crippen molar-refractivity contribution in [2.24, 2.45) is 17.8 Å². The molecule has 0 unspecified atom stereocenters. The summed E-state index contributed by atoms with van der Waals surface area (Å²) in [6.45, 7) is 2.32. The monoisotopic (exact) mass is 354 g/mol. The Labute approximate surface area is 163 Å². The van der Waals surface area contributed by atoms with Gasteiger partial charge in [0.2, 0.25) is 0 Å². The Morgan fingerprint density at radius 1 is 0.615 bits per heavy atom. The van der Waals surface area contributed by atoms with Crippen molar-refractivity contribution >= 4 is 0 Å². The van der Waals surface area contributed by atoms with Crippen molar-refractivity contribution in [1.29, 1.82) is 0 Å². The van der Waals surface area contributed by atoms with E-state index in [1.165, 1.54) is 96.3 Å². The van der Waals surface area contributed by atoms with Crippen LogP contribution in [-0.2, 0) is 0 Å². The minimum absolute atomic E-state index is 0.843. The fraction of sp³-hybridized carbons (Fsp3) is 0.769. The lowest BCUT2D eigenvalue weighted by Gasteiger charge is -2.31. The van der Waals surface area contributed by atoms with Gasteiger partial charge in [0.05, 0.1) is 0 Å². The molecule has 1 aromatic rings. The molecule has 1 aromatic carbocycles. The molecule has 26 heavy (non-hydrogen) atoms. The average molecular weight is 355 g/mol. The lowest BCUT2D eigenvalue weighted by Crippen LogP contribution is -2.16. The third-order valence-electron chi connectivity index (χ3n) is 7.52. The van der Waals surface area contributed by atoms with Crippen molar-refractivity contribution in [1.82, 2.24) is 0 Å². The Morgan fingerprint density at radius 2 is 1.12 bits per heavy atom. The van der Waals surface area contributed by atoms with E-state index < -0.39 is 0 Å². The van der Waals surface area contributed by atoms with E-state index in [2.05, 4.69) is 37.3 Å². The van der Waals surface area contributed by atoms with Crippen molar-refractivity contribution < 1.29 is 0 Å². The molecule has 2 fully saturated rings. The predicted molar refractivity (Wildman–Crippen MR) is 115 cm³/mol. The van der Waals surface area contributed by atoms with E-state index in [1.807, 2.05) is 0 Å². The first-order valence-corrected chi connectivity index (χ1v) is 11.9. The zero-order valence-electron chi connectivity index (χ0n) is 17.3. The van der Waals surface area contributed by atoms with Crippen molar-refractivity contribution in [3.05, 3.63) is 35.9 Å². The van der Waals surface area contributed by atoms with Crippen LogP contribution in [-0.4, -0.2) is 0 Å². The molecule has 2 saturated carbocycles. The summed E-state index contributed by atoms with van der Waals surface area (Å²) in [5.41, 5.74) is 1.58. The number of hydrogen-bond acceptors (Lipinski definition) is 0. The van der Waals surface area contributed by atoms with E-state index in [0.29, 0.717) is 0 Å². The van der Waals surface area contributed by atoms with Crippen LogP contribution in [0.25, 0.3) is 0 Å². The summed E-state index contributed by atoms with van der Waals surface area (Å²) in [6, 6.07) is 11.2. The van der Waals surface area contributed by atoms with Crippen molar-refractivity contribution in [2.75, 3.05) is 0 Å². The number of hydrogen-bond donors (Lipinski definition) is 0. The van der Waals surface area contributed by atoms with Gasteiger partial charge in [0.25, 0.3) is 0 Å². The zero-order chi connectivity index (χ0) is 18.0. The van der Waals surface area contributed by atoms with Gasteiger partial charge in [0.1, 0.15) is 0 Å². The van der Waals surface area contributed by atoms with Crippen LogP contribution in [0.2, 0.25) is 0 Å².